The Labute approximate surface area is 226 Å². The molecule has 0 bridgehead atoms. The fourth-order valence-electron chi connectivity index (χ4n) is 5.79. The first-order valence-electron chi connectivity index (χ1n) is 12.3. The molecule has 0 aliphatic carbocycles. The summed E-state index contributed by atoms with van der Waals surface area (Å²) < 4.78 is 11.1. The van der Waals surface area contributed by atoms with Crippen molar-refractivity contribution in [1.82, 2.24) is 0 Å². The molecule has 4 unspecified atom stereocenters. The van der Waals surface area contributed by atoms with Gasteiger partial charge in [0.1, 0.15) is 46.0 Å². The molecule has 0 aromatic heterocycles. The molecule has 202 valence electrons. The molecule has 2 heterocycles. The van der Waals surface area contributed by atoms with Gasteiger partial charge >= 0.3 is 11.9 Å². The van der Waals surface area contributed by atoms with Crippen LogP contribution in [0.2, 0.25) is 0 Å². The largest absolute Gasteiger partial charge is 0.508 e. The van der Waals surface area contributed by atoms with Gasteiger partial charge < -0.3 is 40.1 Å². The molecule has 10 heteroatoms. The highest BCUT2D eigenvalue weighted by Crippen LogP contribution is 2.57. The second-order valence-corrected chi connectivity index (χ2v) is 9.79. The van der Waals surface area contributed by atoms with Crippen molar-refractivity contribution in [2.75, 3.05) is 0 Å². The Kier molecular flexibility index (Phi) is 5.69. The van der Waals surface area contributed by atoms with E-state index in [4.69, 9.17) is 9.47 Å². The number of phenols is 6. The molecule has 0 radical (unpaired) electrons. The zero-order chi connectivity index (χ0) is 28.3. The Balaban J connectivity index is 1.62. The number of hydrogen-bond donors (Lipinski definition) is 6. The summed E-state index contributed by atoms with van der Waals surface area (Å²) in [7, 11) is 0. The van der Waals surface area contributed by atoms with Crippen LogP contribution in [0.4, 0.5) is 0 Å². The molecule has 40 heavy (non-hydrogen) atoms. The minimum atomic E-state index is -1.33. The zero-order valence-corrected chi connectivity index (χ0v) is 20.6. The molecule has 0 saturated carbocycles. The van der Waals surface area contributed by atoms with E-state index in [0.29, 0.717) is 11.1 Å². The van der Waals surface area contributed by atoms with Gasteiger partial charge in [-0.2, -0.15) is 0 Å². The number of benzene rings is 4. The average Bonchev–Trinajstić information content (AvgIpc) is 2.88. The van der Waals surface area contributed by atoms with Crippen LogP contribution in [-0.4, -0.2) is 42.6 Å². The van der Waals surface area contributed by atoms with Crippen LogP contribution in [0, 0.1) is 11.8 Å². The summed E-state index contributed by atoms with van der Waals surface area (Å²) in [6.45, 7) is 0. The minimum Gasteiger partial charge on any atom is -0.508 e. The van der Waals surface area contributed by atoms with E-state index in [0.717, 1.165) is 12.1 Å². The molecule has 4 atom stereocenters. The van der Waals surface area contributed by atoms with Crippen LogP contribution >= 0.6 is 0 Å². The van der Waals surface area contributed by atoms with E-state index in [1.54, 1.807) is 0 Å². The van der Waals surface area contributed by atoms with Crippen molar-refractivity contribution in [3.8, 4) is 46.0 Å². The molecule has 6 N–H and O–H groups in total. The number of hydrogen-bond acceptors (Lipinski definition) is 10. The van der Waals surface area contributed by atoms with Gasteiger partial charge in [0.05, 0.1) is 11.8 Å². The first-order chi connectivity index (χ1) is 19.1. The second-order valence-electron chi connectivity index (χ2n) is 9.79. The number of fused-ring (bicyclic) bond motifs is 2. The Morgan fingerprint density at radius 3 is 1.18 bits per heavy atom. The smallest absolute Gasteiger partial charge is 0.316 e. The molecule has 2 aliphatic heterocycles. The molecule has 6 rings (SSSR count). The van der Waals surface area contributed by atoms with Crippen LogP contribution < -0.4 is 9.47 Å². The summed E-state index contributed by atoms with van der Waals surface area (Å²) in [4.78, 5) is 27.5. The van der Waals surface area contributed by atoms with Gasteiger partial charge in [0.25, 0.3) is 0 Å². The summed E-state index contributed by atoms with van der Waals surface area (Å²) in [6.07, 6.45) is 0. The molecular formula is C30H22O10. The lowest BCUT2D eigenvalue weighted by Gasteiger charge is -2.41. The normalized spacial score (nSPS) is 21.6. The summed E-state index contributed by atoms with van der Waals surface area (Å²) in [5, 5.41) is 61.8. The van der Waals surface area contributed by atoms with Crippen LogP contribution in [0.15, 0.2) is 72.8 Å². The summed E-state index contributed by atoms with van der Waals surface area (Å²) in [5.74, 6) is -8.18. The van der Waals surface area contributed by atoms with Gasteiger partial charge in [-0.05, 0) is 35.4 Å². The van der Waals surface area contributed by atoms with Gasteiger partial charge in [-0.15, -0.1) is 0 Å². The molecule has 2 aliphatic rings. The molecule has 4 aromatic carbocycles. The van der Waals surface area contributed by atoms with Crippen molar-refractivity contribution >= 4 is 11.9 Å². The third kappa shape index (κ3) is 3.97. The molecule has 0 amide bonds. The molecule has 0 fully saturated rings. The summed E-state index contributed by atoms with van der Waals surface area (Å²) >= 11 is 0. The molecular weight excluding hydrogens is 520 g/mol. The van der Waals surface area contributed by atoms with E-state index < -0.39 is 35.6 Å². The number of rotatable bonds is 3. The van der Waals surface area contributed by atoms with Crippen LogP contribution in [0.1, 0.15) is 34.1 Å². The van der Waals surface area contributed by atoms with Gasteiger partial charge in [0.2, 0.25) is 0 Å². The first kappa shape index (κ1) is 24.9. The van der Waals surface area contributed by atoms with Gasteiger partial charge in [0.15, 0.2) is 0 Å². The maximum atomic E-state index is 13.8. The number of esters is 2. The maximum absolute atomic E-state index is 13.8. The summed E-state index contributed by atoms with van der Waals surface area (Å²) in [5.41, 5.74) is 1.15. The van der Waals surface area contributed by atoms with E-state index in [1.165, 1.54) is 60.7 Å². The third-order valence-electron chi connectivity index (χ3n) is 7.41. The average molecular weight is 542 g/mol. The van der Waals surface area contributed by atoms with Crippen molar-refractivity contribution in [3.63, 3.8) is 0 Å². The number of aromatic hydroxyl groups is 6. The van der Waals surface area contributed by atoms with E-state index in [-0.39, 0.29) is 57.1 Å². The predicted molar refractivity (Wildman–Crippen MR) is 138 cm³/mol. The number of carbonyl (C=O) groups excluding carboxylic acids is 2. The number of carbonyl (C=O) groups is 2. The van der Waals surface area contributed by atoms with Crippen molar-refractivity contribution in [1.29, 1.82) is 0 Å². The third-order valence-corrected chi connectivity index (χ3v) is 7.41. The molecule has 10 nitrogen and oxygen atoms in total. The van der Waals surface area contributed by atoms with E-state index >= 15 is 0 Å². The fraction of sp³-hybridized carbons (Fsp3) is 0.133. The van der Waals surface area contributed by atoms with Crippen molar-refractivity contribution in [2.45, 2.75) is 11.8 Å². The Morgan fingerprint density at radius 2 is 0.825 bits per heavy atom. The maximum Gasteiger partial charge on any atom is 0.316 e. The van der Waals surface area contributed by atoms with E-state index in [1.807, 2.05) is 0 Å². The Hall–Kier alpha value is -5.38. The standard InChI is InChI=1S/C30H22O10/c31-15-5-1-13(2-6-15)23-25-19(35)9-17(33)11-21(25)39-29(37)27(23)28-24(14-3-7-16(32)8-4-14)26-20(36)10-18(34)12-22(26)40-30(28)38/h1-12,23-24,27-28,31-36H. The lowest BCUT2D eigenvalue weighted by Crippen LogP contribution is -2.46. The lowest BCUT2D eigenvalue weighted by atomic mass is 9.65. The van der Waals surface area contributed by atoms with E-state index in [2.05, 4.69) is 0 Å². The van der Waals surface area contributed by atoms with Crippen LogP contribution in [0.25, 0.3) is 0 Å². The fourth-order valence-corrected chi connectivity index (χ4v) is 5.79. The van der Waals surface area contributed by atoms with Crippen LogP contribution in [0.5, 0.6) is 46.0 Å². The highest BCUT2D eigenvalue weighted by Gasteiger charge is 2.54. The number of ether oxygens (including phenoxy) is 2. The monoisotopic (exact) mass is 542 g/mol. The van der Waals surface area contributed by atoms with Gasteiger partial charge in [-0.25, -0.2) is 0 Å². The zero-order valence-electron chi connectivity index (χ0n) is 20.6. The van der Waals surface area contributed by atoms with Crippen LogP contribution in [0.3, 0.4) is 0 Å². The molecule has 4 aromatic rings. The van der Waals surface area contributed by atoms with Gasteiger partial charge in [-0.3, -0.25) is 9.59 Å². The van der Waals surface area contributed by atoms with Crippen molar-refractivity contribution in [3.05, 3.63) is 95.1 Å². The quantitative estimate of drug-likeness (QED) is 0.164. The topological polar surface area (TPSA) is 174 Å². The SMILES string of the molecule is O=C1Oc2cc(O)cc(O)c2C(c2ccc(O)cc2)C1C1C(=O)Oc2cc(O)cc(O)c2C1c1ccc(O)cc1. The molecule has 0 spiro atoms. The van der Waals surface area contributed by atoms with Crippen LogP contribution in [-0.2, 0) is 9.59 Å². The van der Waals surface area contributed by atoms with Gasteiger partial charge in [-0.1, -0.05) is 24.3 Å². The highest BCUT2D eigenvalue weighted by molar-refractivity contribution is 5.91. The minimum absolute atomic E-state index is 0.0495. The van der Waals surface area contributed by atoms with Crippen molar-refractivity contribution < 1.29 is 49.7 Å². The van der Waals surface area contributed by atoms with Gasteiger partial charge in [0, 0.05) is 47.2 Å². The summed E-state index contributed by atoms with van der Waals surface area (Å²) in [6, 6.07) is 16.2. The second kappa shape index (κ2) is 9.12. The van der Waals surface area contributed by atoms with E-state index in [9.17, 15) is 40.2 Å². The Morgan fingerprint density at radius 1 is 0.475 bits per heavy atom. The highest BCUT2D eigenvalue weighted by atomic mass is 16.5. The predicted octanol–water partition coefficient (Wildman–Crippen LogP) is 3.95. The van der Waals surface area contributed by atoms with Crippen molar-refractivity contribution in [2.24, 2.45) is 11.8 Å². The first-order valence-corrected chi connectivity index (χ1v) is 12.3. The number of phenolic OH excluding ortho intramolecular Hbond substituents is 6. The lowest BCUT2D eigenvalue weighted by molar-refractivity contribution is -0.154. The Bertz CT molecular complexity index is 1530. The molecule has 0 saturated heterocycles.